The van der Waals surface area contributed by atoms with E-state index in [-0.39, 0.29) is 23.8 Å². The van der Waals surface area contributed by atoms with Gasteiger partial charge in [-0.25, -0.2) is 0 Å². The van der Waals surface area contributed by atoms with Crippen LogP contribution in [0.4, 0.5) is 0 Å². The average Bonchev–Trinajstić information content (AvgIpc) is 3.25. The molecule has 2 aromatic rings. The minimum Gasteiger partial charge on any atom is -0.328 e. The molecule has 4 heteroatoms. The van der Waals surface area contributed by atoms with Gasteiger partial charge in [0.15, 0.2) is 0 Å². The summed E-state index contributed by atoms with van der Waals surface area (Å²) in [6.07, 6.45) is 4.31. The van der Waals surface area contributed by atoms with Gasteiger partial charge in [0.2, 0.25) is 5.91 Å². The minimum atomic E-state index is -0.979. The van der Waals surface area contributed by atoms with Gasteiger partial charge < -0.3 is 9.80 Å². The van der Waals surface area contributed by atoms with E-state index in [1.54, 1.807) is 4.90 Å². The molecule has 2 heterocycles. The normalized spacial score (nSPS) is 23.7. The summed E-state index contributed by atoms with van der Waals surface area (Å²) in [4.78, 5) is 30.8. The van der Waals surface area contributed by atoms with Gasteiger partial charge in [0.1, 0.15) is 11.6 Å². The van der Waals surface area contributed by atoms with E-state index in [4.69, 9.17) is 0 Å². The van der Waals surface area contributed by atoms with Gasteiger partial charge in [-0.2, -0.15) is 0 Å². The Hall–Kier alpha value is -2.88. The molecule has 156 valence electrons. The van der Waals surface area contributed by atoms with Gasteiger partial charge in [0.05, 0.1) is 0 Å². The zero-order valence-electron chi connectivity index (χ0n) is 18.0. The molecule has 0 aromatic heterocycles. The summed E-state index contributed by atoms with van der Waals surface area (Å²) in [5.74, 6) is 0.377. The van der Waals surface area contributed by atoms with Crippen LogP contribution in [0, 0.1) is 5.92 Å². The predicted octanol–water partition coefficient (Wildman–Crippen LogP) is 4.37. The second kappa shape index (κ2) is 8.10. The molecule has 2 aromatic carbocycles. The van der Waals surface area contributed by atoms with Crippen molar-refractivity contribution in [3.8, 4) is 0 Å². The quantitative estimate of drug-likeness (QED) is 0.745. The number of piperazine rings is 1. The molecule has 2 aliphatic heterocycles. The van der Waals surface area contributed by atoms with Crippen molar-refractivity contribution in [3.63, 3.8) is 0 Å². The van der Waals surface area contributed by atoms with E-state index < -0.39 is 5.54 Å². The number of benzene rings is 2. The third-order valence-corrected chi connectivity index (χ3v) is 6.37. The third kappa shape index (κ3) is 3.45. The number of hydrogen-bond acceptors (Lipinski definition) is 2. The molecule has 2 amide bonds. The van der Waals surface area contributed by atoms with Crippen molar-refractivity contribution < 1.29 is 9.59 Å². The maximum absolute atomic E-state index is 13.9. The molecule has 0 saturated carbocycles. The van der Waals surface area contributed by atoms with Crippen LogP contribution in [-0.4, -0.2) is 46.8 Å². The molecule has 2 aliphatic rings. The van der Waals surface area contributed by atoms with Crippen LogP contribution in [0.3, 0.4) is 0 Å². The zero-order chi connectivity index (χ0) is 21.3. The van der Waals surface area contributed by atoms with Crippen molar-refractivity contribution in [2.24, 2.45) is 5.92 Å². The second-order valence-electron chi connectivity index (χ2n) is 8.87. The maximum atomic E-state index is 13.9. The molecule has 2 fully saturated rings. The number of likely N-dealkylation sites (N-methyl/N-ethyl adjacent to an activating group) is 1. The predicted molar refractivity (Wildman–Crippen MR) is 120 cm³/mol. The summed E-state index contributed by atoms with van der Waals surface area (Å²) in [5.41, 5.74) is 2.10. The number of hydrogen-bond donors (Lipinski definition) is 0. The number of amides is 2. The Morgan fingerprint density at radius 3 is 2.13 bits per heavy atom. The fraction of sp³-hybridized carbons (Fsp3) is 0.385. The van der Waals surface area contributed by atoms with Gasteiger partial charge in [-0.15, -0.1) is 0 Å². The highest BCUT2D eigenvalue weighted by Gasteiger charge is 2.55. The SMILES string of the molecule is CC(C)C[C@@]1(C=C(c2ccccc2)c2ccccc2)C(=O)N2CCC[C@H]2C(=O)N1C. The number of carbonyl (C=O) groups is 2. The van der Waals surface area contributed by atoms with Crippen LogP contribution in [0.1, 0.15) is 44.2 Å². The Bertz CT molecular complexity index is 910. The van der Waals surface area contributed by atoms with Gasteiger partial charge in [-0.1, -0.05) is 74.5 Å². The van der Waals surface area contributed by atoms with E-state index in [2.05, 4.69) is 44.2 Å². The molecular formula is C26H30N2O2. The third-order valence-electron chi connectivity index (χ3n) is 6.37. The molecule has 0 N–H and O–H groups in total. The maximum Gasteiger partial charge on any atom is 0.253 e. The Kier molecular flexibility index (Phi) is 5.50. The smallest absolute Gasteiger partial charge is 0.253 e. The van der Waals surface area contributed by atoms with Gasteiger partial charge in [0.25, 0.3) is 5.91 Å². The molecule has 0 radical (unpaired) electrons. The van der Waals surface area contributed by atoms with E-state index in [0.717, 1.165) is 29.5 Å². The number of fused-ring (bicyclic) bond motifs is 1. The zero-order valence-corrected chi connectivity index (χ0v) is 18.0. The Morgan fingerprint density at radius 1 is 1.03 bits per heavy atom. The molecule has 4 nitrogen and oxygen atoms in total. The largest absolute Gasteiger partial charge is 0.328 e. The van der Waals surface area contributed by atoms with Crippen molar-refractivity contribution in [2.75, 3.05) is 13.6 Å². The average molecular weight is 403 g/mol. The summed E-state index contributed by atoms with van der Waals surface area (Å²) >= 11 is 0. The summed E-state index contributed by atoms with van der Waals surface area (Å²) in [6, 6.07) is 20.0. The highest BCUT2D eigenvalue weighted by Crippen LogP contribution is 2.39. The van der Waals surface area contributed by atoms with Gasteiger partial charge in [0, 0.05) is 13.6 Å². The van der Waals surface area contributed by atoms with Crippen LogP contribution < -0.4 is 0 Å². The lowest BCUT2D eigenvalue weighted by atomic mass is 9.79. The summed E-state index contributed by atoms with van der Waals surface area (Å²) < 4.78 is 0. The lowest BCUT2D eigenvalue weighted by Gasteiger charge is -2.49. The van der Waals surface area contributed by atoms with E-state index >= 15 is 0 Å². The highest BCUT2D eigenvalue weighted by atomic mass is 16.2. The van der Waals surface area contributed by atoms with Crippen LogP contribution in [0.15, 0.2) is 66.7 Å². The summed E-state index contributed by atoms with van der Waals surface area (Å²) in [5, 5.41) is 0. The first kappa shape index (κ1) is 20.4. The van der Waals surface area contributed by atoms with E-state index in [1.165, 1.54) is 0 Å². The number of rotatable bonds is 5. The lowest BCUT2D eigenvalue weighted by Crippen LogP contribution is -2.68. The fourth-order valence-corrected chi connectivity index (χ4v) is 4.95. The standard InChI is InChI=1S/C26H30N2O2/c1-19(2)17-26(25(30)28-16-10-15-23(28)24(29)27(26)3)18-22(20-11-6-4-7-12-20)21-13-8-5-9-14-21/h4-9,11-14,18-19,23H,10,15-17H2,1-3H3/t23-,26+/m0/s1. The van der Waals surface area contributed by atoms with Crippen LogP contribution >= 0.6 is 0 Å². The molecule has 0 unspecified atom stereocenters. The van der Waals surface area contributed by atoms with Crippen LogP contribution in [-0.2, 0) is 9.59 Å². The van der Waals surface area contributed by atoms with Gasteiger partial charge >= 0.3 is 0 Å². The summed E-state index contributed by atoms with van der Waals surface area (Å²) in [6.45, 7) is 4.90. The number of carbonyl (C=O) groups excluding carboxylic acids is 2. The van der Waals surface area contributed by atoms with Crippen LogP contribution in [0.5, 0.6) is 0 Å². The molecule has 0 spiro atoms. The molecule has 2 saturated heterocycles. The van der Waals surface area contributed by atoms with Crippen LogP contribution in [0.25, 0.3) is 5.57 Å². The monoisotopic (exact) mass is 402 g/mol. The number of nitrogens with zero attached hydrogens (tertiary/aromatic N) is 2. The first-order valence-electron chi connectivity index (χ1n) is 10.9. The lowest BCUT2D eigenvalue weighted by molar-refractivity contribution is -0.164. The first-order valence-corrected chi connectivity index (χ1v) is 10.9. The molecule has 2 atom stereocenters. The molecule has 30 heavy (non-hydrogen) atoms. The van der Waals surface area contributed by atoms with E-state index in [9.17, 15) is 9.59 Å². The van der Waals surface area contributed by atoms with E-state index in [0.29, 0.717) is 13.0 Å². The minimum absolute atomic E-state index is 0.0597. The highest BCUT2D eigenvalue weighted by molar-refractivity contribution is 6.03. The summed E-state index contributed by atoms with van der Waals surface area (Å²) in [7, 11) is 1.81. The van der Waals surface area contributed by atoms with Crippen LogP contribution in [0.2, 0.25) is 0 Å². The Morgan fingerprint density at radius 2 is 1.60 bits per heavy atom. The van der Waals surface area contributed by atoms with Crippen molar-refractivity contribution in [1.29, 1.82) is 0 Å². The molecule has 0 bridgehead atoms. The topological polar surface area (TPSA) is 40.6 Å². The Balaban J connectivity index is 1.93. The Labute approximate surface area is 179 Å². The van der Waals surface area contributed by atoms with Gasteiger partial charge in [-0.3, -0.25) is 9.59 Å². The fourth-order valence-electron chi connectivity index (χ4n) is 4.95. The van der Waals surface area contributed by atoms with E-state index in [1.807, 2.05) is 48.3 Å². The van der Waals surface area contributed by atoms with Crippen molar-refractivity contribution in [2.45, 2.75) is 44.7 Å². The van der Waals surface area contributed by atoms with Crippen molar-refractivity contribution >= 4 is 17.4 Å². The molecule has 0 aliphatic carbocycles. The van der Waals surface area contributed by atoms with Gasteiger partial charge in [-0.05, 0) is 48.0 Å². The van der Waals surface area contributed by atoms with Crippen molar-refractivity contribution in [1.82, 2.24) is 9.80 Å². The molecule has 4 rings (SSSR count). The second-order valence-corrected chi connectivity index (χ2v) is 8.87. The first-order chi connectivity index (χ1) is 14.4. The van der Waals surface area contributed by atoms with Crippen molar-refractivity contribution in [3.05, 3.63) is 77.9 Å². The molecular weight excluding hydrogens is 372 g/mol.